The Hall–Kier alpha value is -1.31. The molecule has 7 heteroatoms. The highest BCUT2D eigenvalue weighted by atomic mass is 35.5. The molecule has 1 aromatic heterocycles. The third-order valence-corrected chi connectivity index (χ3v) is 6.04. The molecular formula is C19H25ClN2O3S. The summed E-state index contributed by atoms with van der Waals surface area (Å²) in [4.78, 5) is 6.16. The maximum absolute atomic E-state index is 9.83. The van der Waals surface area contributed by atoms with Crippen molar-refractivity contribution in [3.8, 4) is 11.5 Å². The molecule has 0 radical (unpaired) electrons. The monoisotopic (exact) mass is 396 g/mol. The van der Waals surface area contributed by atoms with E-state index in [1.54, 1.807) is 17.4 Å². The molecule has 1 fully saturated rings. The summed E-state index contributed by atoms with van der Waals surface area (Å²) in [5.41, 5.74) is 0.941. The highest BCUT2D eigenvalue weighted by Gasteiger charge is 2.27. The smallest absolute Gasteiger partial charge is 0.160 e. The van der Waals surface area contributed by atoms with E-state index < -0.39 is 0 Å². The van der Waals surface area contributed by atoms with Crippen LogP contribution in [-0.2, 0) is 13.1 Å². The number of halogens is 1. The Kier molecular flexibility index (Phi) is 6.78. The quantitative estimate of drug-likeness (QED) is 0.752. The second kappa shape index (κ2) is 9.06. The molecule has 0 unspecified atom stereocenters. The van der Waals surface area contributed by atoms with Gasteiger partial charge in [0.2, 0.25) is 0 Å². The lowest BCUT2D eigenvalue weighted by atomic mass is 10.1. The zero-order valence-electron chi connectivity index (χ0n) is 14.9. The van der Waals surface area contributed by atoms with E-state index in [4.69, 9.17) is 16.3 Å². The van der Waals surface area contributed by atoms with Gasteiger partial charge in [-0.15, -0.1) is 11.3 Å². The summed E-state index contributed by atoms with van der Waals surface area (Å²) >= 11 is 8.08. The van der Waals surface area contributed by atoms with E-state index in [9.17, 15) is 10.2 Å². The minimum atomic E-state index is 0.0557. The predicted molar refractivity (Wildman–Crippen MR) is 105 cm³/mol. The van der Waals surface area contributed by atoms with E-state index >= 15 is 0 Å². The average molecular weight is 397 g/mol. The Morgan fingerprint density at radius 3 is 2.85 bits per heavy atom. The first kappa shape index (κ1) is 19.5. The maximum atomic E-state index is 9.83. The number of nitrogens with zero attached hydrogens (tertiary/aromatic N) is 2. The number of rotatable bonds is 7. The lowest BCUT2D eigenvalue weighted by molar-refractivity contribution is 0.0506. The summed E-state index contributed by atoms with van der Waals surface area (Å²) in [7, 11) is 1.54. The van der Waals surface area contributed by atoms with Crippen molar-refractivity contribution in [2.45, 2.75) is 25.6 Å². The van der Waals surface area contributed by atoms with Crippen LogP contribution in [0.5, 0.6) is 11.5 Å². The van der Waals surface area contributed by atoms with Gasteiger partial charge in [0.1, 0.15) is 0 Å². The topological polar surface area (TPSA) is 56.2 Å². The molecule has 2 heterocycles. The number of aliphatic hydroxyl groups excluding tert-OH is 1. The number of phenols is 1. The van der Waals surface area contributed by atoms with Crippen molar-refractivity contribution in [1.29, 1.82) is 0 Å². The summed E-state index contributed by atoms with van der Waals surface area (Å²) in [6, 6.07) is 7.89. The van der Waals surface area contributed by atoms with Gasteiger partial charge in [0.05, 0.1) is 7.11 Å². The molecule has 1 saturated heterocycles. The second-order valence-electron chi connectivity index (χ2n) is 6.57. The van der Waals surface area contributed by atoms with Crippen LogP contribution in [-0.4, -0.2) is 59.4 Å². The summed E-state index contributed by atoms with van der Waals surface area (Å²) in [5, 5.41) is 22.0. The highest BCUT2D eigenvalue weighted by molar-refractivity contribution is 7.09. The summed E-state index contributed by atoms with van der Waals surface area (Å²) in [5.74, 6) is 0.493. The highest BCUT2D eigenvalue weighted by Crippen LogP contribution is 2.33. The van der Waals surface area contributed by atoms with Crippen molar-refractivity contribution in [3.05, 3.63) is 45.1 Å². The standard InChI is InChI=1S/C19H25ClN2O3S/c1-25-19-9-14(17(20)10-18(19)24)11-21-5-6-22(15(12-21)4-7-23)13-16-3-2-8-26-16/h2-3,8-10,15,23-24H,4-7,11-13H2,1H3/t15-/m0/s1. The fourth-order valence-corrected chi connectivity index (χ4v) is 4.39. The molecule has 2 aromatic rings. The minimum absolute atomic E-state index is 0.0557. The number of hydrogen-bond acceptors (Lipinski definition) is 6. The first-order valence-corrected chi connectivity index (χ1v) is 10.0. The second-order valence-corrected chi connectivity index (χ2v) is 8.01. The van der Waals surface area contributed by atoms with Gasteiger partial charge in [-0.05, 0) is 29.5 Å². The number of phenolic OH excluding ortho intramolecular Hbond substituents is 1. The Morgan fingerprint density at radius 2 is 2.15 bits per heavy atom. The molecule has 142 valence electrons. The van der Waals surface area contributed by atoms with E-state index in [0.29, 0.717) is 23.4 Å². The Bertz CT molecular complexity index is 711. The molecule has 3 rings (SSSR count). The lowest BCUT2D eigenvalue weighted by Gasteiger charge is -2.41. The third kappa shape index (κ3) is 4.69. The molecule has 1 aliphatic rings. The van der Waals surface area contributed by atoms with Crippen LogP contribution in [0.25, 0.3) is 0 Å². The van der Waals surface area contributed by atoms with Crippen LogP contribution in [0, 0.1) is 0 Å². The zero-order valence-corrected chi connectivity index (χ0v) is 16.5. The van der Waals surface area contributed by atoms with Crippen LogP contribution in [0.15, 0.2) is 29.6 Å². The summed E-state index contributed by atoms with van der Waals surface area (Å²) in [6.07, 6.45) is 0.758. The molecule has 0 spiro atoms. The molecule has 0 bridgehead atoms. The van der Waals surface area contributed by atoms with Crippen LogP contribution in [0.2, 0.25) is 5.02 Å². The largest absolute Gasteiger partial charge is 0.504 e. The van der Waals surface area contributed by atoms with Gasteiger partial charge in [-0.25, -0.2) is 0 Å². The number of thiophene rings is 1. The summed E-state index contributed by atoms with van der Waals surface area (Å²) in [6.45, 7) is 4.59. The normalized spacial score (nSPS) is 19.0. The fourth-order valence-electron chi connectivity index (χ4n) is 3.45. The fraction of sp³-hybridized carbons (Fsp3) is 0.474. The van der Waals surface area contributed by atoms with E-state index in [1.165, 1.54) is 18.1 Å². The van der Waals surface area contributed by atoms with Crippen LogP contribution in [0.1, 0.15) is 16.9 Å². The number of methoxy groups -OCH3 is 1. The van der Waals surface area contributed by atoms with E-state index in [0.717, 1.165) is 38.2 Å². The first-order valence-electron chi connectivity index (χ1n) is 8.75. The number of benzene rings is 1. The molecule has 26 heavy (non-hydrogen) atoms. The van der Waals surface area contributed by atoms with Gasteiger partial charge in [0.25, 0.3) is 0 Å². The molecule has 2 N–H and O–H groups in total. The van der Waals surface area contributed by atoms with Gasteiger partial charge in [-0.3, -0.25) is 9.80 Å². The number of hydrogen-bond donors (Lipinski definition) is 2. The number of ether oxygens (including phenoxy) is 1. The molecular weight excluding hydrogens is 372 g/mol. The average Bonchev–Trinajstić information content (AvgIpc) is 3.13. The van der Waals surface area contributed by atoms with Gasteiger partial charge in [-0.2, -0.15) is 0 Å². The predicted octanol–water partition coefficient (Wildman–Crippen LogP) is 3.18. The van der Waals surface area contributed by atoms with Crippen LogP contribution in [0.4, 0.5) is 0 Å². The van der Waals surface area contributed by atoms with Crippen molar-refractivity contribution in [2.24, 2.45) is 0 Å². The maximum Gasteiger partial charge on any atom is 0.160 e. The Balaban J connectivity index is 1.67. The van der Waals surface area contributed by atoms with Crippen LogP contribution < -0.4 is 4.74 Å². The molecule has 0 amide bonds. The first-order chi connectivity index (χ1) is 12.6. The molecule has 1 aromatic carbocycles. The zero-order chi connectivity index (χ0) is 18.5. The van der Waals surface area contributed by atoms with Gasteiger partial charge in [0.15, 0.2) is 11.5 Å². The van der Waals surface area contributed by atoms with Gasteiger partial charge in [0, 0.05) is 61.3 Å². The Morgan fingerprint density at radius 1 is 1.31 bits per heavy atom. The van der Waals surface area contributed by atoms with Crippen molar-refractivity contribution in [2.75, 3.05) is 33.4 Å². The number of piperazine rings is 1. The van der Waals surface area contributed by atoms with Crippen LogP contribution >= 0.6 is 22.9 Å². The van der Waals surface area contributed by atoms with Crippen molar-refractivity contribution < 1.29 is 14.9 Å². The van der Waals surface area contributed by atoms with Gasteiger partial charge < -0.3 is 14.9 Å². The summed E-state index contributed by atoms with van der Waals surface area (Å²) < 4.78 is 5.20. The van der Waals surface area contributed by atoms with Crippen molar-refractivity contribution in [1.82, 2.24) is 9.80 Å². The molecule has 0 aliphatic carbocycles. The van der Waals surface area contributed by atoms with E-state index in [1.807, 2.05) is 0 Å². The number of aromatic hydroxyl groups is 1. The number of aliphatic hydroxyl groups is 1. The van der Waals surface area contributed by atoms with Crippen LogP contribution in [0.3, 0.4) is 0 Å². The lowest BCUT2D eigenvalue weighted by Crippen LogP contribution is -2.52. The van der Waals surface area contributed by atoms with Crippen molar-refractivity contribution >= 4 is 22.9 Å². The van der Waals surface area contributed by atoms with E-state index in [-0.39, 0.29) is 12.4 Å². The molecule has 1 aliphatic heterocycles. The molecule has 5 nitrogen and oxygen atoms in total. The third-order valence-electron chi connectivity index (χ3n) is 4.83. The Labute approximate surface area is 163 Å². The van der Waals surface area contributed by atoms with Gasteiger partial charge >= 0.3 is 0 Å². The van der Waals surface area contributed by atoms with E-state index in [2.05, 4.69) is 27.3 Å². The molecule has 1 atom stereocenters. The van der Waals surface area contributed by atoms with Crippen molar-refractivity contribution in [3.63, 3.8) is 0 Å². The van der Waals surface area contributed by atoms with Gasteiger partial charge in [-0.1, -0.05) is 17.7 Å². The minimum Gasteiger partial charge on any atom is -0.504 e. The SMILES string of the molecule is COc1cc(CN2CCN(Cc3cccs3)[C@@H](CCO)C2)c(Cl)cc1O. The molecule has 0 saturated carbocycles.